The third kappa shape index (κ3) is 4.40. The Kier molecular flexibility index (Phi) is 5.81. The number of rotatable bonds is 5. The molecule has 1 amide bonds. The molecule has 0 saturated carbocycles. The first-order valence-corrected chi connectivity index (χ1v) is 10.6. The number of aromatic nitrogens is 1. The van der Waals surface area contributed by atoms with Gasteiger partial charge in [0.2, 0.25) is 0 Å². The summed E-state index contributed by atoms with van der Waals surface area (Å²) in [5.41, 5.74) is 1.80. The van der Waals surface area contributed by atoms with E-state index in [9.17, 15) is 13.2 Å². The molecule has 6 nitrogen and oxygen atoms in total. The van der Waals surface area contributed by atoms with E-state index in [1.54, 1.807) is 42.6 Å². The van der Waals surface area contributed by atoms with Crippen LogP contribution in [0.4, 0.5) is 11.5 Å². The number of carbonyl (C=O) groups is 1. The Hall–Kier alpha value is -2.71. The molecule has 0 spiro atoms. The number of halogens is 1. The van der Waals surface area contributed by atoms with E-state index in [-0.39, 0.29) is 10.5 Å². The van der Waals surface area contributed by atoms with E-state index in [2.05, 4.69) is 26.2 Å². The number of aryl methyl sites for hydroxylation is 1. The van der Waals surface area contributed by atoms with Crippen LogP contribution in [0.25, 0.3) is 0 Å². The van der Waals surface area contributed by atoms with Gasteiger partial charge in [0, 0.05) is 23.3 Å². The molecule has 8 heteroatoms. The van der Waals surface area contributed by atoms with Gasteiger partial charge in [-0.25, -0.2) is 13.4 Å². The smallest absolute Gasteiger partial charge is 0.264 e. The molecule has 0 aliphatic rings. The van der Waals surface area contributed by atoms with Crippen LogP contribution in [-0.4, -0.2) is 26.4 Å². The largest absolute Gasteiger partial charge is 0.307 e. The highest BCUT2D eigenvalue weighted by atomic mass is 79.9. The first kappa shape index (κ1) is 20.0. The van der Waals surface area contributed by atoms with E-state index >= 15 is 0 Å². The summed E-state index contributed by atoms with van der Waals surface area (Å²) in [5.74, 6) is -0.0666. The molecule has 0 bridgehead atoms. The molecule has 3 aromatic rings. The van der Waals surface area contributed by atoms with Crippen LogP contribution < -0.4 is 9.62 Å². The van der Waals surface area contributed by atoms with Gasteiger partial charge in [0.25, 0.3) is 15.9 Å². The number of hydrogen-bond donors (Lipinski definition) is 1. The van der Waals surface area contributed by atoms with Crippen molar-refractivity contribution in [1.29, 1.82) is 0 Å². The molecule has 2 aromatic carbocycles. The minimum absolute atomic E-state index is 0.0343. The zero-order chi connectivity index (χ0) is 20.3. The third-order valence-electron chi connectivity index (χ3n) is 4.12. The van der Waals surface area contributed by atoms with Crippen LogP contribution in [0, 0.1) is 6.92 Å². The van der Waals surface area contributed by atoms with Crippen LogP contribution in [-0.2, 0) is 10.0 Å². The van der Waals surface area contributed by atoms with Crippen molar-refractivity contribution >= 4 is 43.4 Å². The molecule has 1 aromatic heterocycles. The number of amides is 1. The summed E-state index contributed by atoms with van der Waals surface area (Å²) in [6.07, 6.45) is 1.56. The maximum Gasteiger partial charge on any atom is 0.264 e. The van der Waals surface area contributed by atoms with E-state index < -0.39 is 15.9 Å². The summed E-state index contributed by atoms with van der Waals surface area (Å²) < 4.78 is 27.9. The molecule has 144 valence electrons. The standard InChI is InChI=1S/C20H18BrN3O3S/c1-14-6-9-17(10-7-14)24(2)28(26,27)18-5-3-4-15(12-18)20(25)23-19-11-8-16(21)13-22-19/h3-13H,1-2H3,(H,22,23,25). The van der Waals surface area contributed by atoms with E-state index in [1.165, 1.54) is 23.5 Å². The highest BCUT2D eigenvalue weighted by Crippen LogP contribution is 2.23. The summed E-state index contributed by atoms with van der Waals surface area (Å²) >= 11 is 3.28. The average molecular weight is 460 g/mol. The van der Waals surface area contributed by atoms with Crippen LogP contribution in [0.5, 0.6) is 0 Å². The van der Waals surface area contributed by atoms with Crippen molar-refractivity contribution < 1.29 is 13.2 Å². The van der Waals surface area contributed by atoms with Gasteiger partial charge in [0.05, 0.1) is 10.6 Å². The summed E-state index contributed by atoms with van der Waals surface area (Å²) in [7, 11) is -2.32. The molecule has 0 fully saturated rings. The van der Waals surface area contributed by atoms with Gasteiger partial charge >= 0.3 is 0 Å². The second-order valence-corrected chi connectivity index (χ2v) is 9.04. The Morgan fingerprint density at radius 3 is 2.43 bits per heavy atom. The van der Waals surface area contributed by atoms with Crippen molar-refractivity contribution in [3.05, 3.63) is 82.5 Å². The molecule has 28 heavy (non-hydrogen) atoms. The molecule has 0 aliphatic carbocycles. The number of sulfonamides is 1. The summed E-state index contributed by atoms with van der Waals surface area (Å²) in [6, 6.07) is 16.5. The number of carbonyl (C=O) groups excluding carboxylic acids is 1. The topological polar surface area (TPSA) is 79.4 Å². The maximum atomic E-state index is 13.0. The normalized spacial score (nSPS) is 11.1. The van der Waals surface area contributed by atoms with E-state index in [0.717, 1.165) is 10.0 Å². The summed E-state index contributed by atoms with van der Waals surface area (Å²) in [5, 5.41) is 2.65. The molecule has 0 atom stereocenters. The fourth-order valence-corrected chi connectivity index (χ4v) is 3.96. The monoisotopic (exact) mass is 459 g/mol. The number of nitrogens with zero attached hydrogens (tertiary/aromatic N) is 2. The molecule has 1 heterocycles. The lowest BCUT2D eigenvalue weighted by atomic mass is 10.2. The quantitative estimate of drug-likeness (QED) is 0.618. The molecule has 3 rings (SSSR count). The van der Waals surface area contributed by atoms with Crippen molar-refractivity contribution in [2.45, 2.75) is 11.8 Å². The zero-order valence-corrected chi connectivity index (χ0v) is 17.7. The second-order valence-electron chi connectivity index (χ2n) is 6.15. The van der Waals surface area contributed by atoms with Gasteiger partial charge in [-0.2, -0.15) is 0 Å². The lowest BCUT2D eigenvalue weighted by Crippen LogP contribution is -2.26. The van der Waals surface area contributed by atoms with Gasteiger partial charge in [-0.1, -0.05) is 23.8 Å². The van der Waals surface area contributed by atoms with Crippen molar-refractivity contribution in [2.24, 2.45) is 0 Å². The van der Waals surface area contributed by atoms with Gasteiger partial charge in [-0.15, -0.1) is 0 Å². The second kappa shape index (κ2) is 8.12. The van der Waals surface area contributed by atoms with Crippen LogP contribution in [0.2, 0.25) is 0 Å². The Morgan fingerprint density at radius 1 is 1.07 bits per heavy atom. The number of nitrogens with one attached hydrogen (secondary N) is 1. The van der Waals surface area contributed by atoms with Crippen LogP contribution in [0.1, 0.15) is 15.9 Å². The van der Waals surface area contributed by atoms with Crippen LogP contribution in [0.15, 0.2) is 76.2 Å². The Morgan fingerprint density at radius 2 is 1.79 bits per heavy atom. The van der Waals surface area contributed by atoms with Crippen molar-refractivity contribution in [3.63, 3.8) is 0 Å². The Balaban J connectivity index is 1.86. The number of anilines is 2. The zero-order valence-electron chi connectivity index (χ0n) is 15.3. The molecule has 0 saturated heterocycles. The summed E-state index contributed by atoms with van der Waals surface area (Å²) in [6.45, 7) is 1.93. The molecule has 0 unspecified atom stereocenters. The van der Waals surface area contributed by atoms with Crippen LogP contribution in [0.3, 0.4) is 0 Å². The number of hydrogen-bond acceptors (Lipinski definition) is 4. The fraction of sp³-hybridized carbons (Fsp3) is 0.100. The lowest BCUT2D eigenvalue weighted by molar-refractivity contribution is 0.102. The van der Waals surface area contributed by atoms with E-state index in [0.29, 0.717) is 11.5 Å². The fourth-order valence-electron chi connectivity index (χ4n) is 2.49. The van der Waals surface area contributed by atoms with E-state index in [1.807, 2.05) is 19.1 Å². The average Bonchev–Trinajstić information content (AvgIpc) is 2.70. The van der Waals surface area contributed by atoms with Gasteiger partial charge in [0.1, 0.15) is 5.82 Å². The molecule has 1 N–H and O–H groups in total. The van der Waals surface area contributed by atoms with E-state index in [4.69, 9.17) is 0 Å². The maximum absolute atomic E-state index is 13.0. The highest BCUT2D eigenvalue weighted by Gasteiger charge is 2.22. The Labute approximate surface area is 172 Å². The minimum Gasteiger partial charge on any atom is -0.307 e. The predicted octanol–water partition coefficient (Wildman–Crippen LogP) is 4.23. The van der Waals surface area contributed by atoms with Gasteiger partial charge in [-0.05, 0) is 65.3 Å². The van der Waals surface area contributed by atoms with Crippen molar-refractivity contribution in [3.8, 4) is 0 Å². The SMILES string of the molecule is Cc1ccc(N(C)S(=O)(=O)c2cccc(C(=O)Nc3ccc(Br)cn3)c2)cc1. The first-order valence-electron chi connectivity index (χ1n) is 8.36. The lowest BCUT2D eigenvalue weighted by Gasteiger charge is -2.20. The highest BCUT2D eigenvalue weighted by molar-refractivity contribution is 9.10. The first-order chi connectivity index (χ1) is 13.3. The third-order valence-corrected chi connectivity index (χ3v) is 6.37. The predicted molar refractivity (Wildman–Crippen MR) is 113 cm³/mol. The molecule has 0 aliphatic heterocycles. The molecular formula is C20H18BrN3O3S. The van der Waals surface area contributed by atoms with Crippen LogP contribution >= 0.6 is 15.9 Å². The number of pyridine rings is 1. The molecule has 0 radical (unpaired) electrons. The van der Waals surface area contributed by atoms with Crippen molar-refractivity contribution in [1.82, 2.24) is 4.98 Å². The summed E-state index contributed by atoms with van der Waals surface area (Å²) in [4.78, 5) is 16.6. The van der Waals surface area contributed by atoms with Gasteiger partial charge in [0.15, 0.2) is 0 Å². The molecular weight excluding hydrogens is 442 g/mol. The van der Waals surface area contributed by atoms with Crippen molar-refractivity contribution in [2.75, 3.05) is 16.7 Å². The minimum atomic E-state index is -3.81. The van der Waals surface area contributed by atoms with Gasteiger partial charge < -0.3 is 5.32 Å². The Bertz CT molecular complexity index is 1100. The number of benzene rings is 2. The van der Waals surface area contributed by atoms with Gasteiger partial charge in [-0.3, -0.25) is 9.10 Å².